The van der Waals surface area contributed by atoms with E-state index in [1.54, 1.807) is 30.3 Å². The third-order valence-corrected chi connectivity index (χ3v) is 3.87. The van der Waals surface area contributed by atoms with Crippen molar-refractivity contribution in [3.8, 4) is 17.6 Å². The first kappa shape index (κ1) is 17.9. The van der Waals surface area contributed by atoms with E-state index in [0.717, 1.165) is 0 Å². The highest BCUT2D eigenvalue weighted by Crippen LogP contribution is 2.35. The topological polar surface area (TPSA) is 82.3 Å². The van der Waals surface area contributed by atoms with Crippen LogP contribution in [0.4, 0.5) is 5.69 Å². The smallest absolute Gasteiger partial charge is 0.266 e. The predicted octanol–water partition coefficient (Wildman–Crippen LogP) is 4.36. The molecule has 0 aromatic heterocycles. The van der Waals surface area contributed by atoms with Crippen molar-refractivity contribution >= 4 is 45.2 Å². The Morgan fingerprint density at radius 2 is 2.17 bits per heavy atom. The van der Waals surface area contributed by atoms with Crippen molar-refractivity contribution in [1.82, 2.24) is 0 Å². The number of benzene rings is 2. The summed E-state index contributed by atoms with van der Waals surface area (Å²) >= 11 is 9.05. The number of halogens is 2. The third-order valence-electron chi connectivity index (χ3n) is 3.03. The van der Waals surface area contributed by atoms with Crippen LogP contribution in [0.25, 0.3) is 6.08 Å². The molecule has 7 heteroatoms. The van der Waals surface area contributed by atoms with Gasteiger partial charge in [0.2, 0.25) is 0 Å². The van der Waals surface area contributed by atoms with Crippen LogP contribution < -0.4 is 10.1 Å². The largest absolute Gasteiger partial charge is 0.503 e. The van der Waals surface area contributed by atoms with E-state index >= 15 is 0 Å². The van der Waals surface area contributed by atoms with Crippen molar-refractivity contribution in [2.24, 2.45) is 0 Å². The number of methoxy groups -OCH3 is 1. The molecule has 24 heavy (non-hydrogen) atoms. The number of rotatable bonds is 4. The lowest BCUT2D eigenvalue weighted by molar-refractivity contribution is -0.112. The van der Waals surface area contributed by atoms with Gasteiger partial charge in [-0.05, 0) is 57.9 Å². The number of aromatic hydroxyl groups is 1. The first-order valence-electron chi connectivity index (χ1n) is 6.70. The predicted molar refractivity (Wildman–Crippen MR) is 96.0 cm³/mol. The maximum atomic E-state index is 12.2. The summed E-state index contributed by atoms with van der Waals surface area (Å²) in [4.78, 5) is 12.2. The summed E-state index contributed by atoms with van der Waals surface area (Å²) in [5.74, 6) is -0.400. The van der Waals surface area contributed by atoms with Crippen molar-refractivity contribution in [3.63, 3.8) is 0 Å². The van der Waals surface area contributed by atoms with Crippen LogP contribution in [0, 0.1) is 11.3 Å². The lowest BCUT2D eigenvalue weighted by Crippen LogP contribution is -2.13. The molecule has 0 aliphatic carbocycles. The summed E-state index contributed by atoms with van der Waals surface area (Å²) in [5, 5.41) is 22.1. The fraction of sp³-hybridized carbons (Fsp3) is 0.0588. The van der Waals surface area contributed by atoms with Gasteiger partial charge >= 0.3 is 0 Å². The number of phenolic OH excluding ortho intramolecular Hbond substituents is 1. The molecule has 0 atom stereocenters. The van der Waals surface area contributed by atoms with Gasteiger partial charge in [0, 0.05) is 10.7 Å². The summed E-state index contributed by atoms with van der Waals surface area (Å²) in [6.45, 7) is 0. The summed E-state index contributed by atoms with van der Waals surface area (Å²) in [5.41, 5.74) is 0.905. The maximum Gasteiger partial charge on any atom is 0.266 e. The number of nitrogens with one attached hydrogen (secondary N) is 1. The van der Waals surface area contributed by atoms with Crippen LogP contribution in [-0.4, -0.2) is 18.1 Å². The Labute approximate surface area is 152 Å². The Morgan fingerprint density at radius 3 is 2.79 bits per heavy atom. The van der Waals surface area contributed by atoms with E-state index in [1.807, 2.05) is 6.07 Å². The number of hydrogen-bond acceptors (Lipinski definition) is 4. The highest BCUT2D eigenvalue weighted by Gasteiger charge is 2.12. The summed E-state index contributed by atoms with van der Waals surface area (Å²) in [7, 11) is 1.41. The second kappa shape index (κ2) is 7.86. The fourth-order valence-corrected chi connectivity index (χ4v) is 2.56. The SMILES string of the molecule is COc1cc(C=C(C#N)C(=O)Nc2cccc(Cl)c2)cc(Br)c1O. The average molecular weight is 408 g/mol. The summed E-state index contributed by atoms with van der Waals surface area (Å²) in [6.07, 6.45) is 1.40. The second-order valence-corrected chi connectivity index (χ2v) is 5.98. The van der Waals surface area contributed by atoms with E-state index in [-0.39, 0.29) is 17.1 Å². The van der Waals surface area contributed by atoms with Crippen LogP contribution in [0.2, 0.25) is 5.02 Å². The molecule has 0 saturated heterocycles. The van der Waals surface area contributed by atoms with Gasteiger partial charge in [0.25, 0.3) is 5.91 Å². The summed E-state index contributed by atoms with van der Waals surface area (Å²) in [6, 6.07) is 11.6. The normalized spacial score (nSPS) is 10.8. The van der Waals surface area contributed by atoms with Crippen LogP contribution in [0.15, 0.2) is 46.4 Å². The quantitative estimate of drug-likeness (QED) is 0.583. The molecule has 0 spiro atoms. The van der Waals surface area contributed by atoms with Gasteiger partial charge in [-0.3, -0.25) is 4.79 Å². The lowest BCUT2D eigenvalue weighted by Gasteiger charge is -2.08. The fourth-order valence-electron chi connectivity index (χ4n) is 1.91. The number of nitrogens with zero attached hydrogens (tertiary/aromatic N) is 1. The van der Waals surface area contributed by atoms with Crippen molar-refractivity contribution < 1.29 is 14.6 Å². The van der Waals surface area contributed by atoms with Gasteiger partial charge in [0.05, 0.1) is 11.6 Å². The van der Waals surface area contributed by atoms with Gasteiger partial charge in [0.1, 0.15) is 11.6 Å². The van der Waals surface area contributed by atoms with Crippen LogP contribution in [0.5, 0.6) is 11.5 Å². The molecule has 122 valence electrons. The zero-order valence-electron chi connectivity index (χ0n) is 12.5. The van der Waals surface area contributed by atoms with E-state index in [1.165, 1.54) is 19.3 Å². The maximum absolute atomic E-state index is 12.2. The van der Waals surface area contributed by atoms with E-state index in [4.69, 9.17) is 16.3 Å². The number of amides is 1. The van der Waals surface area contributed by atoms with E-state index in [0.29, 0.717) is 20.7 Å². The molecular formula is C17H12BrClN2O3. The monoisotopic (exact) mass is 406 g/mol. The Hall–Kier alpha value is -2.49. The number of carbonyl (C=O) groups is 1. The molecule has 1 amide bonds. The van der Waals surface area contributed by atoms with Gasteiger partial charge in [-0.1, -0.05) is 17.7 Å². The van der Waals surface area contributed by atoms with Crippen molar-refractivity contribution in [2.45, 2.75) is 0 Å². The molecule has 0 saturated carbocycles. The number of nitriles is 1. The Kier molecular flexibility index (Phi) is 5.85. The third kappa shape index (κ3) is 4.28. The van der Waals surface area contributed by atoms with Gasteiger partial charge in [-0.25, -0.2) is 0 Å². The number of anilines is 1. The van der Waals surface area contributed by atoms with Gasteiger partial charge in [-0.2, -0.15) is 5.26 Å². The van der Waals surface area contributed by atoms with E-state index < -0.39 is 5.91 Å². The van der Waals surface area contributed by atoms with Crippen molar-refractivity contribution in [3.05, 3.63) is 57.0 Å². The highest BCUT2D eigenvalue weighted by molar-refractivity contribution is 9.10. The number of phenols is 1. The standard InChI is InChI=1S/C17H12BrClN2O3/c1-24-15-7-10(6-14(18)16(15)22)5-11(9-20)17(23)21-13-4-2-3-12(19)8-13/h2-8,22H,1H3,(H,21,23). The van der Waals surface area contributed by atoms with Crippen LogP contribution in [-0.2, 0) is 4.79 Å². The molecule has 0 aliphatic rings. The minimum absolute atomic E-state index is 0.0588. The lowest BCUT2D eigenvalue weighted by atomic mass is 10.1. The molecule has 0 radical (unpaired) electrons. The van der Waals surface area contributed by atoms with Crippen molar-refractivity contribution in [2.75, 3.05) is 12.4 Å². The zero-order valence-corrected chi connectivity index (χ0v) is 14.9. The Morgan fingerprint density at radius 1 is 1.42 bits per heavy atom. The molecule has 2 aromatic rings. The Balaban J connectivity index is 2.31. The zero-order chi connectivity index (χ0) is 17.7. The van der Waals surface area contributed by atoms with Crippen LogP contribution in [0.1, 0.15) is 5.56 Å². The van der Waals surface area contributed by atoms with Gasteiger partial charge < -0.3 is 15.2 Å². The molecule has 2 rings (SSSR count). The first-order chi connectivity index (χ1) is 11.4. The molecule has 0 heterocycles. The van der Waals surface area contributed by atoms with Gasteiger partial charge in [0.15, 0.2) is 11.5 Å². The molecule has 2 N–H and O–H groups in total. The van der Waals surface area contributed by atoms with Crippen molar-refractivity contribution in [1.29, 1.82) is 5.26 Å². The molecule has 0 fully saturated rings. The van der Waals surface area contributed by atoms with Crippen LogP contribution in [0.3, 0.4) is 0 Å². The molecule has 0 bridgehead atoms. The minimum atomic E-state index is -0.567. The van der Waals surface area contributed by atoms with E-state index in [2.05, 4.69) is 21.2 Å². The van der Waals surface area contributed by atoms with Gasteiger partial charge in [-0.15, -0.1) is 0 Å². The second-order valence-electron chi connectivity index (χ2n) is 4.69. The first-order valence-corrected chi connectivity index (χ1v) is 7.87. The number of carbonyl (C=O) groups excluding carboxylic acids is 1. The number of hydrogen-bond donors (Lipinski definition) is 2. The molecule has 0 aliphatic heterocycles. The molecule has 5 nitrogen and oxygen atoms in total. The molecule has 2 aromatic carbocycles. The summed E-state index contributed by atoms with van der Waals surface area (Å²) < 4.78 is 5.43. The average Bonchev–Trinajstić information content (AvgIpc) is 2.55. The minimum Gasteiger partial charge on any atom is -0.503 e. The highest BCUT2D eigenvalue weighted by atomic mass is 79.9. The number of ether oxygens (including phenoxy) is 1. The van der Waals surface area contributed by atoms with Crippen LogP contribution >= 0.6 is 27.5 Å². The molecular weight excluding hydrogens is 396 g/mol. The molecule has 0 unspecified atom stereocenters. The Bertz CT molecular complexity index is 859. The van der Waals surface area contributed by atoms with E-state index in [9.17, 15) is 15.2 Å².